The Morgan fingerprint density at radius 1 is 1.19 bits per heavy atom. The highest BCUT2D eigenvalue weighted by Crippen LogP contribution is 2.19. The quantitative estimate of drug-likeness (QED) is 0.579. The normalized spacial score (nSPS) is 11.9. The van der Waals surface area contributed by atoms with Crippen molar-refractivity contribution in [1.29, 1.82) is 0 Å². The van der Waals surface area contributed by atoms with E-state index in [1.165, 1.54) is 29.5 Å². The van der Waals surface area contributed by atoms with Crippen LogP contribution in [0.15, 0.2) is 59.8 Å². The standard InChI is InChI=1S/C20H21FN4OS/c1-14(7-8-15-5-3-2-4-6-15)22-18(26)13-27-20-23-19(24-25-20)16-9-11-17(21)12-10-16/h2-6,9-12,14H,7-8,13H2,1H3,(H,22,26)(H,23,24,25)/t14-/m1/s1. The molecule has 5 nitrogen and oxygen atoms in total. The Labute approximate surface area is 161 Å². The van der Waals surface area contributed by atoms with Gasteiger partial charge in [0.2, 0.25) is 11.1 Å². The van der Waals surface area contributed by atoms with Crippen LogP contribution in [0.5, 0.6) is 0 Å². The number of hydrogen-bond acceptors (Lipinski definition) is 4. The maximum absolute atomic E-state index is 13.0. The second kappa shape index (κ2) is 9.32. The highest BCUT2D eigenvalue weighted by atomic mass is 32.2. The van der Waals surface area contributed by atoms with Gasteiger partial charge in [-0.25, -0.2) is 9.37 Å². The predicted molar refractivity (Wildman–Crippen MR) is 105 cm³/mol. The van der Waals surface area contributed by atoms with E-state index in [2.05, 4.69) is 32.6 Å². The van der Waals surface area contributed by atoms with Gasteiger partial charge < -0.3 is 5.32 Å². The first-order valence-corrected chi connectivity index (χ1v) is 9.73. The summed E-state index contributed by atoms with van der Waals surface area (Å²) >= 11 is 1.26. The number of thioether (sulfide) groups is 1. The van der Waals surface area contributed by atoms with Crippen LogP contribution in [0.2, 0.25) is 0 Å². The summed E-state index contributed by atoms with van der Waals surface area (Å²) < 4.78 is 13.0. The van der Waals surface area contributed by atoms with E-state index in [1.54, 1.807) is 12.1 Å². The molecule has 0 spiro atoms. The molecule has 0 saturated heterocycles. The van der Waals surface area contributed by atoms with E-state index < -0.39 is 0 Å². The maximum Gasteiger partial charge on any atom is 0.230 e. The molecule has 0 unspecified atom stereocenters. The van der Waals surface area contributed by atoms with E-state index in [1.807, 2.05) is 25.1 Å². The molecule has 1 amide bonds. The van der Waals surface area contributed by atoms with Gasteiger partial charge in [-0.2, -0.15) is 0 Å². The van der Waals surface area contributed by atoms with E-state index >= 15 is 0 Å². The fraction of sp³-hybridized carbons (Fsp3) is 0.250. The van der Waals surface area contributed by atoms with Crippen molar-refractivity contribution in [1.82, 2.24) is 20.5 Å². The number of aromatic nitrogens is 3. The lowest BCUT2D eigenvalue weighted by atomic mass is 10.1. The first-order valence-electron chi connectivity index (χ1n) is 8.74. The van der Waals surface area contributed by atoms with Crippen LogP contribution in [0.3, 0.4) is 0 Å². The summed E-state index contributed by atoms with van der Waals surface area (Å²) in [6.45, 7) is 2.00. The molecule has 0 aliphatic heterocycles. The maximum atomic E-state index is 13.0. The predicted octanol–water partition coefficient (Wildman–Crippen LogP) is 3.84. The zero-order valence-corrected chi connectivity index (χ0v) is 15.8. The number of carbonyl (C=O) groups excluding carboxylic acids is 1. The average molecular weight is 384 g/mol. The molecule has 1 aromatic heterocycles. The Hall–Kier alpha value is -2.67. The number of halogens is 1. The van der Waals surface area contributed by atoms with Crippen LogP contribution in [0, 0.1) is 5.82 Å². The zero-order chi connectivity index (χ0) is 19.1. The summed E-state index contributed by atoms with van der Waals surface area (Å²) in [5.74, 6) is 0.449. The summed E-state index contributed by atoms with van der Waals surface area (Å²) in [4.78, 5) is 16.4. The first kappa shape index (κ1) is 19.1. The molecule has 7 heteroatoms. The second-order valence-electron chi connectivity index (χ2n) is 6.25. The number of benzene rings is 2. The zero-order valence-electron chi connectivity index (χ0n) is 15.0. The average Bonchev–Trinajstić information content (AvgIpc) is 3.15. The molecule has 1 heterocycles. The third-order valence-electron chi connectivity index (χ3n) is 4.03. The Balaban J connectivity index is 1.43. The van der Waals surface area contributed by atoms with Gasteiger partial charge in [-0.05, 0) is 49.6 Å². The Morgan fingerprint density at radius 3 is 2.67 bits per heavy atom. The summed E-state index contributed by atoms with van der Waals surface area (Å²) in [6.07, 6.45) is 1.81. The molecule has 140 valence electrons. The largest absolute Gasteiger partial charge is 0.353 e. The summed E-state index contributed by atoms with van der Waals surface area (Å²) in [5.41, 5.74) is 2.01. The van der Waals surface area contributed by atoms with Gasteiger partial charge in [-0.1, -0.05) is 42.1 Å². The van der Waals surface area contributed by atoms with Crippen molar-refractivity contribution < 1.29 is 9.18 Å². The fourth-order valence-corrected chi connectivity index (χ4v) is 3.20. The Kier molecular flexibility index (Phi) is 6.59. The van der Waals surface area contributed by atoms with E-state index in [0.29, 0.717) is 11.0 Å². The summed E-state index contributed by atoms with van der Waals surface area (Å²) in [6, 6.07) is 16.3. The summed E-state index contributed by atoms with van der Waals surface area (Å²) in [7, 11) is 0. The van der Waals surface area contributed by atoms with Gasteiger partial charge in [-0.15, -0.1) is 5.10 Å². The van der Waals surface area contributed by atoms with Gasteiger partial charge in [0.1, 0.15) is 5.82 Å². The van der Waals surface area contributed by atoms with Gasteiger partial charge in [0.25, 0.3) is 0 Å². The number of aromatic amines is 1. The molecule has 0 saturated carbocycles. The lowest BCUT2D eigenvalue weighted by molar-refractivity contribution is -0.119. The molecule has 0 fully saturated rings. The van der Waals surface area contributed by atoms with Crippen LogP contribution in [0.4, 0.5) is 4.39 Å². The minimum absolute atomic E-state index is 0.0475. The number of nitrogens with one attached hydrogen (secondary N) is 2. The molecule has 3 aromatic rings. The third-order valence-corrected chi connectivity index (χ3v) is 4.88. The topological polar surface area (TPSA) is 70.7 Å². The van der Waals surface area contributed by atoms with E-state index in [0.717, 1.165) is 18.4 Å². The number of carbonyl (C=O) groups is 1. The Bertz CT molecular complexity index is 867. The van der Waals surface area contributed by atoms with E-state index in [4.69, 9.17) is 0 Å². The number of hydrogen-bond donors (Lipinski definition) is 2. The van der Waals surface area contributed by atoms with Crippen molar-refractivity contribution in [3.63, 3.8) is 0 Å². The second-order valence-corrected chi connectivity index (χ2v) is 7.20. The molecule has 0 aliphatic rings. The van der Waals surface area contributed by atoms with Crippen molar-refractivity contribution in [2.24, 2.45) is 0 Å². The minimum Gasteiger partial charge on any atom is -0.353 e. The Morgan fingerprint density at radius 2 is 1.93 bits per heavy atom. The van der Waals surface area contributed by atoms with Crippen molar-refractivity contribution >= 4 is 17.7 Å². The van der Waals surface area contributed by atoms with Crippen LogP contribution in [0.25, 0.3) is 11.4 Å². The monoisotopic (exact) mass is 384 g/mol. The molecule has 1 atom stereocenters. The SMILES string of the molecule is C[C@H](CCc1ccccc1)NC(=O)CSc1n[nH]c(-c2ccc(F)cc2)n1. The smallest absolute Gasteiger partial charge is 0.230 e. The number of H-pyrrole nitrogens is 1. The van der Waals surface area contributed by atoms with E-state index in [9.17, 15) is 9.18 Å². The van der Waals surface area contributed by atoms with Crippen molar-refractivity contribution in [2.45, 2.75) is 31.0 Å². The highest BCUT2D eigenvalue weighted by Gasteiger charge is 2.11. The van der Waals surface area contributed by atoms with Crippen molar-refractivity contribution in [2.75, 3.05) is 5.75 Å². The van der Waals surface area contributed by atoms with E-state index in [-0.39, 0.29) is 23.5 Å². The highest BCUT2D eigenvalue weighted by molar-refractivity contribution is 7.99. The van der Waals surface area contributed by atoms with Gasteiger partial charge in [0.15, 0.2) is 5.82 Å². The molecule has 0 bridgehead atoms. The van der Waals surface area contributed by atoms with Crippen LogP contribution in [0.1, 0.15) is 18.9 Å². The van der Waals surface area contributed by atoms with Crippen LogP contribution >= 0.6 is 11.8 Å². The number of amides is 1. The van der Waals surface area contributed by atoms with Crippen LogP contribution < -0.4 is 5.32 Å². The fourth-order valence-electron chi connectivity index (χ4n) is 2.59. The van der Waals surface area contributed by atoms with Crippen molar-refractivity contribution in [3.8, 4) is 11.4 Å². The molecular weight excluding hydrogens is 363 g/mol. The molecule has 0 aliphatic carbocycles. The third kappa shape index (κ3) is 5.92. The lowest BCUT2D eigenvalue weighted by Crippen LogP contribution is -2.34. The van der Waals surface area contributed by atoms with Crippen LogP contribution in [-0.2, 0) is 11.2 Å². The molecular formula is C20H21FN4OS. The first-order chi connectivity index (χ1) is 13.1. The molecule has 27 heavy (non-hydrogen) atoms. The van der Waals surface area contributed by atoms with Crippen LogP contribution in [-0.4, -0.2) is 32.9 Å². The molecule has 0 radical (unpaired) electrons. The number of nitrogens with zero attached hydrogens (tertiary/aromatic N) is 2. The van der Waals surface area contributed by atoms with Gasteiger partial charge in [0, 0.05) is 11.6 Å². The molecule has 2 N–H and O–H groups in total. The number of rotatable bonds is 8. The minimum atomic E-state index is -0.300. The van der Waals surface area contributed by atoms with Crippen molar-refractivity contribution in [3.05, 3.63) is 66.0 Å². The molecule has 2 aromatic carbocycles. The number of aryl methyl sites for hydroxylation is 1. The van der Waals surface area contributed by atoms with Gasteiger partial charge in [-0.3, -0.25) is 9.89 Å². The van der Waals surface area contributed by atoms with Gasteiger partial charge in [0.05, 0.1) is 5.75 Å². The van der Waals surface area contributed by atoms with Gasteiger partial charge >= 0.3 is 0 Å². The summed E-state index contributed by atoms with van der Waals surface area (Å²) in [5, 5.41) is 10.4. The lowest BCUT2D eigenvalue weighted by Gasteiger charge is -2.13. The molecule has 3 rings (SSSR count).